The number of benzene rings is 1. The highest BCUT2D eigenvalue weighted by atomic mass is 79.9. The van der Waals surface area contributed by atoms with Crippen molar-refractivity contribution in [1.29, 1.82) is 0 Å². The van der Waals surface area contributed by atoms with Crippen molar-refractivity contribution >= 4 is 33.4 Å². The molecule has 2 fully saturated rings. The molecule has 1 saturated heterocycles. The molecule has 1 aromatic carbocycles. The molecule has 4 heteroatoms. The maximum atomic E-state index is 12.5. The van der Waals surface area contributed by atoms with Gasteiger partial charge in [-0.1, -0.05) is 34.8 Å². The van der Waals surface area contributed by atoms with Crippen LogP contribution in [0.5, 0.6) is 0 Å². The van der Waals surface area contributed by atoms with E-state index in [1.165, 1.54) is 4.90 Å². The third-order valence-corrected chi connectivity index (χ3v) is 4.52. The highest BCUT2D eigenvalue weighted by molar-refractivity contribution is 9.10. The summed E-state index contributed by atoms with van der Waals surface area (Å²) >= 11 is 3.37. The van der Waals surface area contributed by atoms with Crippen LogP contribution in [0, 0.1) is 5.41 Å². The molecule has 2 aliphatic rings. The summed E-state index contributed by atoms with van der Waals surface area (Å²) in [5.74, 6) is -0.0527. The van der Waals surface area contributed by atoms with Crippen molar-refractivity contribution in [1.82, 2.24) is 0 Å². The molecule has 3 nitrogen and oxygen atoms in total. The third kappa shape index (κ3) is 1.70. The molecule has 1 heterocycles. The topological polar surface area (TPSA) is 37.4 Å². The summed E-state index contributed by atoms with van der Waals surface area (Å²) in [7, 11) is 0. The monoisotopic (exact) mass is 307 g/mol. The maximum absolute atomic E-state index is 12.5. The van der Waals surface area contributed by atoms with E-state index in [-0.39, 0.29) is 17.2 Å². The van der Waals surface area contributed by atoms with Crippen LogP contribution in [0.25, 0.3) is 0 Å². The lowest BCUT2D eigenvalue weighted by Crippen LogP contribution is -2.34. The Morgan fingerprint density at radius 2 is 1.89 bits per heavy atom. The van der Waals surface area contributed by atoms with Crippen LogP contribution in [0.1, 0.15) is 32.1 Å². The quantitative estimate of drug-likeness (QED) is 0.747. The van der Waals surface area contributed by atoms with Crippen molar-refractivity contribution in [2.24, 2.45) is 5.41 Å². The molecule has 0 unspecified atom stereocenters. The molecule has 2 amide bonds. The van der Waals surface area contributed by atoms with Crippen molar-refractivity contribution in [3.63, 3.8) is 0 Å². The molecule has 0 aromatic heterocycles. The second-order valence-electron chi connectivity index (χ2n) is 5.18. The van der Waals surface area contributed by atoms with Gasteiger partial charge in [-0.2, -0.15) is 0 Å². The van der Waals surface area contributed by atoms with Crippen LogP contribution in [0.15, 0.2) is 28.7 Å². The van der Waals surface area contributed by atoms with Crippen molar-refractivity contribution < 1.29 is 9.59 Å². The smallest absolute Gasteiger partial charge is 0.240 e. The number of hydrogen-bond donors (Lipinski definition) is 0. The molecule has 3 rings (SSSR count). The first-order valence-electron chi connectivity index (χ1n) is 6.25. The predicted octanol–water partition coefficient (Wildman–Crippen LogP) is 3.27. The van der Waals surface area contributed by atoms with Crippen molar-refractivity contribution in [3.05, 3.63) is 28.7 Å². The molecule has 1 saturated carbocycles. The summed E-state index contributed by atoms with van der Waals surface area (Å²) in [5, 5.41) is 0. The number of carbonyl (C=O) groups excluding carboxylic acids is 2. The van der Waals surface area contributed by atoms with Crippen LogP contribution in [-0.4, -0.2) is 11.8 Å². The molecule has 1 aliphatic carbocycles. The summed E-state index contributed by atoms with van der Waals surface area (Å²) in [6.07, 6.45) is 4.24. The third-order valence-electron chi connectivity index (χ3n) is 4.02. The van der Waals surface area contributed by atoms with Gasteiger partial charge >= 0.3 is 0 Å². The first-order chi connectivity index (χ1) is 8.62. The van der Waals surface area contributed by atoms with Gasteiger partial charge < -0.3 is 0 Å². The molecule has 0 atom stereocenters. The minimum absolute atomic E-state index is 0.00287. The fraction of sp³-hybridized carbons (Fsp3) is 0.429. The van der Waals surface area contributed by atoms with E-state index in [0.717, 1.165) is 30.2 Å². The van der Waals surface area contributed by atoms with Gasteiger partial charge in [0.2, 0.25) is 11.8 Å². The molecular weight excluding hydrogens is 294 g/mol. The molecule has 94 valence electrons. The highest BCUT2D eigenvalue weighted by Crippen LogP contribution is 2.48. The zero-order chi connectivity index (χ0) is 12.8. The molecule has 1 spiro atoms. The SMILES string of the molecule is O=C1CC2(CCCC2)C(=O)N1c1cccc(Br)c1. The summed E-state index contributed by atoms with van der Waals surface area (Å²) < 4.78 is 0.882. The Morgan fingerprint density at radius 3 is 2.56 bits per heavy atom. The largest absolute Gasteiger partial charge is 0.274 e. The Hall–Kier alpha value is -1.16. The number of rotatable bonds is 1. The van der Waals surface area contributed by atoms with E-state index in [0.29, 0.717) is 12.1 Å². The van der Waals surface area contributed by atoms with E-state index in [1.807, 2.05) is 24.3 Å². The minimum Gasteiger partial charge on any atom is -0.274 e. The Bertz CT molecular complexity index is 520. The predicted molar refractivity (Wildman–Crippen MR) is 72.2 cm³/mol. The Kier molecular flexibility index (Phi) is 2.77. The van der Waals surface area contributed by atoms with Crippen LogP contribution in [0.4, 0.5) is 5.69 Å². The van der Waals surface area contributed by atoms with E-state index in [1.54, 1.807) is 0 Å². The number of anilines is 1. The van der Waals surface area contributed by atoms with Gasteiger partial charge in [0.1, 0.15) is 0 Å². The summed E-state index contributed by atoms with van der Waals surface area (Å²) in [4.78, 5) is 26.1. The highest BCUT2D eigenvalue weighted by Gasteiger charge is 2.52. The first-order valence-corrected chi connectivity index (χ1v) is 7.05. The average molecular weight is 308 g/mol. The van der Waals surface area contributed by atoms with Crippen LogP contribution >= 0.6 is 15.9 Å². The zero-order valence-electron chi connectivity index (χ0n) is 9.99. The van der Waals surface area contributed by atoms with Crippen molar-refractivity contribution in [2.75, 3.05) is 4.90 Å². The van der Waals surface area contributed by atoms with E-state index in [4.69, 9.17) is 0 Å². The minimum atomic E-state index is -0.389. The maximum Gasteiger partial charge on any atom is 0.240 e. The molecular formula is C14H14BrNO2. The number of carbonyl (C=O) groups is 2. The van der Waals surface area contributed by atoms with E-state index >= 15 is 0 Å². The standard InChI is InChI=1S/C14H14BrNO2/c15-10-4-3-5-11(8-10)16-12(17)9-14(13(16)18)6-1-2-7-14/h3-5,8H,1-2,6-7,9H2. The van der Waals surface area contributed by atoms with Gasteiger partial charge in [0.25, 0.3) is 0 Å². The average Bonchev–Trinajstić information content (AvgIpc) is 2.87. The second-order valence-corrected chi connectivity index (χ2v) is 6.09. The van der Waals surface area contributed by atoms with Gasteiger partial charge in [0.15, 0.2) is 0 Å². The van der Waals surface area contributed by atoms with Gasteiger partial charge in [-0.15, -0.1) is 0 Å². The number of imide groups is 1. The Morgan fingerprint density at radius 1 is 1.17 bits per heavy atom. The van der Waals surface area contributed by atoms with E-state index < -0.39 is 0 Å². The number of halogens is 1. The van der Waals surface area contributed by atoms with Crippen molar-refractivity contribution in [3.8, 4) is 0 Å². The number of hydrogen-bond acceptors (Lipinski definition) is 2. The van der Waals surface area contributed by atoms with Crippen LogP contribution in [0.3, 0.4) is 0 Å². The molecule has 1 aromatic rings. The lowest BCUT2D eigenvalue weighted by atomic mass is 9.84. The van der Waals surface area contributed by atoms with Gasteiger partial charge in [0.05, 0.1) is 11.1 Å². The van der Waals surface area contributed by atoms with Crippen LogP contribution in [-0.2, 0) is 9.59 Å². The van der Waals surface area contributed by atoms with Gasteiger partial charge in [-0.25, -0.2) is 0 Å². The lowest BCUT2D eigenvalue weighted by Gasteiger charge is -2.21. The van der Waals surface area contributed by atoms with Crippen molar-refractivity contribution in [2.45, 2.75) is 32.1 Å². The fourth-order valence-corrected chi connectivity index (χ4v) is 3.50. The summed E-state index contributed by atoms with van der Waals surface area (Å²) in [5.41, 5.74) is 0.294. The van der Waals surface area contributed by atoms with Crippen LogP contribution < -0.4 is 4.90 Å². The lowest BCUT2D eigenvalue weighted by molar-refractivity contribution is -0.125. The molecule has 0 bridgehead atoms. The Balaban J connectivity index is 1.98. The van der Waals surface area contributed by atoms with E-state index in [2.05, 4.69) is 15.9 Å². The van der Waals surface area contributed by atoms with Gasteiger partial charge in [-0.05, 0) is 31.0 Å². The number of nitrogens with zero attached hydrogens (tertiary/aromatic N) is 1. The van der Waals surface area contributed by atoms with Crippen LogP contribution in [0.2, 0.25) is 0 Å². The second kappa shape index (κ2) is 4.19. The normalized spacial score (nSPS) is 22.2. The fourth-order valence-electron chi connectivity index (χ4n) is 3.11. The zero-order valence-corrected chi connectivity index (χ0v) is 11.6. The molecule has 18 heavy (non-hydrogen) atoms. The summed E-state index contributed by atoms with van der Waals surface area (Å²) in [6, 6.07) is 7.37. The molecule has 1 aliphatic heterocycles. The van der Waals surface area contributed by atoms with Gasteiger partial charge in [0, 0.05) is 10.9 Å². The van der Waals surface area contributed by atoms with Gasteiger partial charge in [-0.3, -0.25) is 14.5 Å². The number of amides is 2. The first kappa shape index (κ1) is 11.9. The summed E-state index contributed by atoms with van der Waals surface area (Å²) in [6.45, 7) is 0. The molecule has 0 N–H and O–H groups in total. The Labute approximate surface area is 114 Å². The molecule has 0 radical (unpaired) electrons. The van der Waals surface area contributed by atoms with E-state index in [9.17, 15) is 9.59 Å².